The standard InChI is InChI=1S/C25H35N3O2/c1-5-10-23-14-26-16-24(11-6-2,21(23)29)17-27(15-23)25(26)19-13-18(4)8-9-20(19)28(12-7-3)22(25)30/h8-9,13H,5-7,10-12,14-17H2,1-4H3. The number of hydrogen-bond acceptors (Lipinski definition) is 4. The van der Waals surface area contributed by atoms with Crippen molar-refractivity contribution in [3.05, 3.63) is 29.3 Å². The van der Waals surface area contributed by atoms with E-state index in [0.29, 0.717) is 5.78 Å². The van der Waals surface area contributed by atoms with E-state index in [-0.39, 0.29) is 16.7 Å². The maximum atomic E-state index is 14.1. The molecule has 6 rings (SSSR count). The molecule has 0 radical (unpaired) electrons. The molecule has 4 saturated heterocycles. The van der Waals surface area contributed by atoms with Crippen LogP contribution in [0.25, 0.3) is 0 Å². The van der Waals surface area contributed by atoms with Gasteiger partial charge in [-0.1, -0.05) is 51.3 Å². The van der Waals surface area contributed by atoms with Crippen LogP contribution >= 0.6 is 0 Å². The lowest BCUT2D eigenvalue weighted by molar-refractivity contribution is -0.235. The van der Waals surface area contributed by atoms with Gasteiger partial charge in [-0.25, -0.2) is 0 Å². The molecule has 0 saturated carbocycles. The molecule has 0 unspecified atom stereocenters. The van der Waals surface area contributed by atoms with Crippen LogP contribution in [-0.2, 0) is 15.3 Å². The van der Waals surface area contributed by atoms with Gasteiger partial charge in [-0.3, -0.25) is 19.4 Å². The van der Waals surface area contributed by atoms with Crippen LogP contribution in [0.5, 0.6) is 0 Å². The predicted molar refractivity (Wildman–Crippen MR) is 118 cm³/mol. The number of hydrogen-bond donors (Lipinski definition) is 0. The van der Waals surface area contributed by atoms with Crippen molar-refractivity contribution in [1.82, 2.24) is 9.80 Å². The number of carbonyl (C=O) groups is 2. The fourth-order valence-corrected chi connectivity index (χ4v) is 7.32. The molecule has 1 spiro atoms. The summed E-state index contributed by atoms with van der Waals surface area (Å²) in [5.74, 6) is 0.691. The van der Waals surface area contributed by atoms with E-state index < -0.39 is 5.66 Å². The summed E-state index contributed by atoms with van der Waals surface area (Å²) in [5, 5.41) is 0. The number of nitrogens with zero attached hydrogens (tertiary/aromatic N) is 3. The molecule has 5 nitrogen and oxygen atoms in total. The molecule has 5 aliphatic heterocycles. The molecule has 5 aliphatic rings. The third-order valence-electron chi connectivity index (χ3n) is 8.12. The lowest BCUT2D eigenvalue weighted by Crippen LogP contribution is -2.84. The quantitative estimate of drug-likeness (QED) is 0.719. The molecular weight excluding hydrogens is 374 g/mol. The zero-order valence-corrected chi connectivity index (χ0v) is 19.0. The van der Waals surface area contributed by atoms with E-state index in [2.05, 4.69) is 55.7 Å². The monoisotopic (exact) mass is 409 g/mol. The van der Waals surface area contributed by atoms with Gasteiger partial charge in [0.1, 0.15) is 5.78 Å². The molecule has 4 bridgehead atoms. The molecule has 5 heterocycles. The van der Waals surface area contributed by atoms with Gasteiger partial charge in [-0.2, -0.15) is 0 Å². The van der Waals surface area contributed by atoms with Gasteiger partial charge in [0.25, 0.3) is 5.91 Å². The van der Waals surface area contributed by atoms with Gasteiger partial charge in [-0.05, 0) is 32.3 Å². The molecule has 1 amide bonds. The molecule has 5 heteroatoms. The first-order valence-electron chi connectivity index (χ1n) is 11.9. The summed E-state index contributed by atoms with van der Waals surface area (Å²) < 4.78 is 0. The molecule has 0 N–H and O–H groups in total. The highest BCUT2D eigenvalue weighted by atomic mass is 16.2. The van der Waals surface area contributed by atoms with Crippen molar-refractivity contribution in [1.29, 1.82) is 0 Å². The first kappa shape index (κ1) is 20.2. The number of aryl methyl sites for hydroxylation is 1. The lowest BCUT2D eigenvalue weighted by Gasteiger charge is -2.69. The Labute approximate surface area is 180 Å². The molecule has 0 aliphatic carbocycles. The number of piperidine rings is 2. The van der Waals surface area contributed by atoms with Crippen LogP contribution in [0.15, 0.2) is 18.2 Å². The van der Waals surface area contributed by atoms with Gasteiger partial charge in [0.05, 0.1) is 16.5 Å². The average Bonchev–Trinajstić information content (AvgIpc) is 2.92. The van der Waals surface area contributed by atoms with Crippen molar-refractivity contribution >= 4 is 17.4 Å². The summed E-state index contributed by atoms with van der Waals surface area (Å²) in [6, 6.07) is 6.48. The number of carbonyl (C=O) groups excluding carboxylic acids is 2. The van der Waals surface area contributed by atoms with Gasteiger partial charge in [0, 0.05) is 38.3 Å². The molecule has 1 aromatic rings. The zero-order chi connectivity index (χ0) is 21.3. The Bertz CT molecular complexity index is 864. The first-order valence-corrected chi connectivity index (χ1v) is 11.9. The van der Waals surface area contributed by atoms with Crippen molar-refractivity contribution in [3.63, 3.8) is 0 Å². The van der Waals surface area contributed by atoms with Gasteiger partial charge < -0.3 is 4.90 Å². The van der Waals surface area contributed by atoms with E-state index in [1.54, 1.807) is 0 Å². The molecule has 0 aromatic heterocycles. The van der Waals surface area contributed by atoms with E-state index in [4.69, 9.17) is 0 Å². The Hall–Kier alpha value is -1.72. The number of rotatable bonds is 6. The highest BCUT2D eigenvalue weighted by Gasteiger charge is 2.73. The summed E-state index contributed by atoms with van der Waals surface area (Å²) in [7, 11) is 0. The summed E-state index contributed by atoms with van der Waals surface area (Å²) >= 11 is 0. The van der Waals surface area contributed by atoms with Crippen LogP contribution in [-0.4, -0.2) is 54.2 Å². The Morgan fingerprint density at radius 1 is 0.867 bits per heavy atom. The first-order chi connectivity index (χ1) is 14.4. The van der Waals surface area contributed by atoms with Crippen molar-refractivity contribution < 1.29 is 9.59 Å². The normalized spacial score (nSPS) is 38.7. The predicted octanol–water partition coefficient (Wildman–Crippen LogP) is 3.69. The third-order valence-corrected chi connectivity index (χ3v) is 8.12. The molecular formula is C25H35N3O2. The van der Waals surface area contributed by atoms with Crippen LogP contribution in [0.1, 0.15) is 64.0 Å². The van der Waals surface area contributed by atoms with Crippen molar-refractivity contribution in [2.75, 3.05) is 37.6 Å². The molecule has 30 heavy (non-hydrogen) atoms. The van der Waals surface area contributed by atoms with E-state index in [0.717, 1.165) is 76.1 Å². The van der Waals surface area contributed by atoms with Gasteiger partial charge in [0.15, 0.2) is 5.66 Å². The Balaban J connectivity index is 1.69. The van der Waals surface area contributed by atoms with Gasteiger partial charge >= 0.3 is 0 Å². The Morgan fingerprint density at radius 2 is 1.43 bits per heavy atom. The molecule has 4 fully saturated rings. The van der Waals surface area contributed by atoms with Crippen LogP contribution < -0.4 is 4.90 Å². The number of benzene rings is 1. The van der Waals surface area contributed by atoms with E-state index in [9.17, 15) is 9.59 Å². The minimum absolute atomic E-state index is 0.203. The van der Waals surface area contributed by atoms with E-state index in [1.165, 1.54) is 5.56 Å². The van der Waals surface area contributed by atoms with Crippen molar-refractivity contribution in [2.24, 2.45) is 10.8 Å². The van der Waals surface area contributed by atoms with Gasteiger partial charge in [-0.15, -0.1) is 0 Å². The molecule has 162 valence electrons. The number of anilines is 1. The number of Topliss-reactive ketones (excluding diaryl/α,β-unsaturated/α-hetero) is 1. The van der Waals surface area contributed by atoms with Crippen molar-refractivity contribution in [2.45, 2.75) is 65.5 Å². The number of amides is 1. The fraction of sp³-hybridized carbons (Fsp3) is 0.680. The number of ketones is 1. The van der Waals surface area contributed by atoms with Crippen LogP contribution in [0.3, 0.4) is 0 Å². The van der Waals surface area contributed by atoms with Crippen LogP contribution in [0.4, 0.5) is 5.69 Å². The molecule has 0 atom stereocenters. The topological polar surface area (TPSA) is 43.9 Å². The lowest BCUT2D eigenvalue weighted by atomic mass is 9.56. The SMILES string of the molecule is CCCN1C(=O)C2(c3cc(C)ccc31)N1CC3(CCC)CN2CC(CCC)(C1)C3=O. The fourth-order valence-electron chi connectivity index (χ4n) is 7.32. The highest BCUT2D eigenvalue weighted by molar-refractivity contribution is 6.08. The summed E-state index contributed by atoms with van der Waals surface area (Å²) in [6.07, 6.45) is 4.80. The minimum atomic E-state index is -0.717. The summed E-state index contributed by atoms with van der Waals surface area (Å²) in [6.45, 7) is 12.2. The van der Waals surface area contributed by atoms with E-state index in [1.807, 2.05) is 4.90 Å². The smallest absolute Gasteiger partial charge is 0.267 e. The minimum Gasteiger partial charge on any atom is -0.309 e. The highest BCUT2D eigenvalue weighted by Crippen LogP contribution is 2.61. The second-order valence-electron chi connectivity index (χ2n) is 10.3. The molecule has 1 aromatic carbocycles. The second-order valence-corrected chi connectivity index (χ2v) is 10.3. The van der Waals surface area contributed by atoms with Crippen molar-refractivity contribution in [3.8, 4) is 0 Å². The maximum absolute atomic E-state index is 14.1. The summed E-state index contributed by atoms with van der Waals surface area (Å²) in [5.41, 5.74) is 2.07. The number of fused-ring (bicyclic) bond motifs is 1. The van der Waals surface area contributed by atoms with E-state index >= 15 is 0 Å². The Morgan fingerprint density at radius 3 is 1.93 bits per heavy atom. The summed E-state index contributed by atoms with van der Waals surface area (Å²) in [4.78, 5) is 34.8. The van der Waals surface area contributed by atoms with Crippen LogP contribution in [0.2, 0.25) is 0 Å². The largest absolute Gasteiger partial charge is 0.309 e. The average molecular weight is 410 g/mol. The van der Waals surface area contributed by atoms with Crippen LogP contribution in [0, 0.1) is 17.8 Å². The Kier molecular flexibility index (Phi) is 4.47. The second kappa shape index (κ2) is 6.64. The maximum Gasteiger partial charge on any atom is 0.267 e. The third kappa shape index (κ3) is 2.26. The zero-order valence-electron chi connectivity index (χ0n) is 19.0. The van der Waals surface area contributed by atoms with Gasteiger partial charge in [0.2, 0.25) is 0 Å².